The number of nitrogens with zero attached hydrogens (tertiary/aromatic N) is 2. The Labute approximate surface area is 83.1 Å². The molecule has 1 aromatic rings. The number of hydrogen-bond acceptors (Lipinski definition) is 2. The van der Waals surface area contributed by atoms with E-state index in [4.69, 9.17) is 11.6 Å². The second kappa shape index (κ2) is 3.22. The van der Waals surface area contributed by atoms with Crippen molar-refractivity contribution in [3.63, 3.8) is 0 Å². The summed E-state index contributed by atoms with van der Waals surface area (Å²) in [6.45, 7) is 6.46. The third kappa shape index (κ3) is 1.53. The number of aromatic nitrogens is 2. The predicted molar refractivity (Wildman–Crippen MR) is 54.1 cm³/mol. The molecule has 2 rings (SSSR count). The molecule has 0 fully saturated rings. The molecule has 72 valence electrons. The van der Waals surface area contributed by atoms with Crippen LogP contribution in [0.5, 0.6) is 0 Å². The zero-order valence-electron chi connectivity index (χ0n) is 7.92. The monoisotopic (exact) mass is 199 g/mol. The maximum atomic E-state index is 5.94. The van der Waals surface area contributed by atoms with Crippen LogP contribution in [0.2, 0.25) is 5.02 Å². The van der Waals surface area contributed by atoms with Crippen LogP contribution in [0.4, 0.5) is 5.82 Å². The Hall–Kier alpha value is -0.700. The quantitative estimate of drug-likeness (QED) is 0.752. The highest BCUT2D eigenvalue weighted by molar-refractivity contribution is 6.32. The van der Waals surface area contributed by atoms with E-state index in [1.165, 1.54) is 0 Å². The van der Waals surface area contributed by atoms with E-state index in [-0.39, 0.29) is 0 Å². The van der Waals surface area contributed by atoms with Crippen molar-refractivity contribution in [2.45, 2.75) is 20.4 Å². The molecule has 1 aliphatic heterocycles. The van der Waals surface area contributed by atoms with E-state index < -0.39 is 0 Å². The summed E-state index contributed by atoms with van der Waals surface area (Å²) in [6.07, 6.45) is 1.70. The number of anilines is 1. The largest absolute Gasteiger partial charge is 0.369 e. The standard InChI is InChI=1S/C9H14ClN3/c1-6(2)7-3-11-9-8(10)4-12-13(9)5-7/h4,6-7,11H,3,5H2,1-2H3. The molecule has 0 saturated carbocycles. The molecule has 0 aliphatic carbocycles. The van der Waals surface area contributed by atoms with Crippen LogP contribution < -0.4 is 5.32 Å². The third-order valence-electron chi connectivity index (χ3n) is 2.68. The molecule has 1 unspecified atom stereocenters. The lowest BCUT2D eigenvalue weighted by molar-refractivity contribution is 0.322. The van der Waals surface area contributed by atoms with Crippen LogP contribution in [-0.4, -0.2) is 16.3 Å². The van der Waals surface area contributed by atoms with E-state index in [9.17, 15) is 0 Å². The SMILES string of the molecule is CC(C)C1CNc2c(Cl)cnn2C1. The third-order valence-corrected chi connectivity index (χ3v) is 2.95. The minimum absolute atomic E-state index is 0.656. The highest BCUT2D eigenvalue weighted by atomic mass is 35.5. The van der Waals surface area contributed by atoms with Crippen LogP contribution in [0.15, 0.2) is 6.20 Å². The average molecular weight is 200 g/mol. The molecule has 1 aliphatic rings. The molecule has 0 amide bonds. The van der Waals surface area contributed by atoms with Gasteiger partial charge in [-0.05, 0) is 11.8 Å². The smallest absolute Gasteiger partial charge is 0.143 e. The first-order valence-corrected chi connectivity index (χ1v) is 5.01. The fraction of sp³-hybridized carbons (Fsp3) is 0.667. The van der Waals surface area contributed by atoms with Gasteiger partial charge in [-0.1, -0.05) is 25.4 Å². The number of halogens is 1. The molecule has 0 saturated heterocycles. The summed E-state index contributed by atoms with van der Waals surface area (Å²) in [5.74, 6) is 2.31. The summed E-state index contributed by atoms with van der Waals surface area (Å²) in [5, 5.41) is 8.25. The van der Waals surface area contributed by atoms with Gasteiger partial charge in [-0.15, -0.1) is 0 Å². The summed E-state index contributed by atoms with van der Waals surface area (Å²) in [5.41, 5.74) is 0. The van der Waals surface area contributed by atoms with Gasteiger partial charge in [0.05, 0.1) is 6.20 Å². The van der Waals surface area contributed by atoms with Gasteiger partial charge in [0.1, 0.15) is 10.8 Å². The van der Waals surface area contributed by atoms with Crippen molar-refractivity contribution < 1.29 is 0 Å². The molecule has 0 aromatic carbocycles. The van der Waals surface area contributed by atoms with Crippen molar-refractivity contribution in [3.05, 3.63) is 11.2 Å². The van der Waals surface area contributed by atoms with Crippen molar-refractivity contribution in [3.8, 4) is 0 Å². The van der Waals surface area contributed by atoms with Crippen molar-refractivity contribution in [1.82, 2.24) is 9.78 Å². The topological polar surface area (TPSA) is 29.9 Å². The van der Waals surface area contributed by atoms with E-state index in [1.54, 1.807) is 6.20 Å². The first kappa shape index (κ1) is 8.88. The Morgan fingerprint density at radius 2 is 2.46 bits per heavy atom. The molecule has 0 spiro atoms. The number of hydrogen-bond donors (Lipinski definition) is 1. The summed E-state index contributed by atoms with van der Waals surface area (Å²) >= 11 is 5.94. The maximum Gasteiger partial charge on any atom is 0.143 e. The molecule has 0 bridgehead atoms. The van der Waals surface area contributed by atoms with E-state index in [0.717, 1.165) is 23.9 Å². The van der Waals surface area contributed by atoms with Gasteiger partial charge < -0.3 is 5.32 Å². The average Bonchev–Trinajstić information content (AvgIpc) is 2.47. The number of fused-ring (bicyclic) bond motifs is 1. The van der Waals surface area contributed by atoms with E-state index in [0.29, 0.717) is 11.8 Å². The van der Waals surface area contributed by atoms with E-state index >= 15 is 0 Å². The van der Waals surface area contributed by atoms with Gasteiger partial charge >= 0.3 is 0 Å². The molecular formula is C9H14ClN3. The van der Waals surface area contributed by atoms with Gasteiger partial charge in [0.15, 0.2) is 0 Å². The Kier molecular flexibility index (Phi) is 2.20. The molecule has 4 heteroatoms. The normalized spacial score (nSPS) is 21.4. The predicted octanol–water partition coefficient (Wildman–Crippen LogP) is 2.23. The fourth-order valence-corrected chi connectivity index (χ4v) is 1.85. The second-order valence-corrected chi connectivity index (χ2v) is 4.32. The number of nitrogens with one attached hydrogen (secondary N) is 1. The lowest BCUT2D eigenvalue weighted by Gasteiger charge is -2.27. The zero-order chi connectivity index (χ0) is 9.42. The lowest BCUT2D eigenvalue weighted by atomic mass is 9.95. The van der Waals surface area contributed by atoms with Crippen LogP contribution >= 0.6 is 11.6 Å². The molecule has 2 heterocycles. The van der Waals surface area contributed by atoms with Gasteiger partial charge in [-0.25, -0.2) is 4.68 Å². The van der Waals surface area contributed by atoms with Gasteiger partial charge in [-0.2, -0.15) is 5.10 Å². The molecule has 1 aromatic heterocycles. The van der Waals surface area contributed by atoms with Crippen molar-refractivity contribution in [2.75, 3.05) is 11.9 Å². The Balaban J connectivity index is 2.21. The van der Waals surface area contributed by atoms with Crippen LogP contribution in [0.1, 0.15) is 13.8 Å². The molecule has 1 N–H and O–H groups in total. The summed E-state index contributed by atoms with van der Waals surface area (Å²) in [6, 6.07) is 0. The van der Waals surface area contributed by atoms with E-state index in [2.05, 4.69) is 24.3 Å². The van der Waals surface area contributed by atoms with Gasteiger partial charge in [0.2, 0.25) is 0 Å². The second-order valence-electron chi connectivity index (χ2n) is 3.91. The van der Waals surface area contributed by atoms with Gasteiger partial charge in [0.25, 0.3) is 0 Å². The lowest BCUT2D eigenvalue weighted by Crippen LogP contribution is -2.31. The zero-order valence-corrected chi connectivity index (χ0v) is 8.67. The van der Waals surface area contributed by atoms with Crippen LogP contribution in [-0.2, 0) is 6.54 Å². The minimum Gasteiger partial charge on any atom is -0.369 e. The first-order chi connectivity index (χ1) is 6.18. The van der Waals surface area contributed by atoms with Gasteiger partial charge in [0, 0.05) is 13.1 Å². The van der Waals surface area contributed by atoms with Crippen molar-refractivity contribution in [1.29, 1.82) is 0 Å². The summed E-state index contributed by atoms with van der Waals surface area (Å²) < 4.78 is 1.95. The molecular weight excluding hydrogens is 186 g/mol. The maximum absolute atomic E-state index is 5.94. The number of rotatable bonds is 1. The molecule has 13 heavy (non-hydrogen) atoms. The van der Waals surface area contributed by atoms with E-state index in [1.807, 2.05) is 4.68 Å². The fourth-order valence-electron chi connectivity index (χ4n) is 1.64. The first-order valence-electron chi connectivity index (χ1n) is 4.63. The Morgan fingerprint density at radius 1 is 1.69 bits per heavy atom. The van der Waals surface area contributed by atoms with Crippen LogP contribution in [0.3, 0.4) is 0 Å². The summed E-state index contributed by atoms with van der Waals surface area (Å²) in [7, 11) is 0. The van der Waals surface area contributed by atoms with Crippen molar-refractivity contribution >= 4 is 17.4 Å². The van der Waals surface area contributed by atoms with Crippen LogP contribution in [0.25, 0.3) is 0 Å². The van der Waals surface area contributed by atoms with Crippen molar-refractivity contribution in [2.24, 2.45) is 11.8 Å². The minimum atomic E-state index is 0.656. The molecule has 1 atom stereocenters. The Bertz CT molecular complexity index is 306. The Morgan fingerprint density at radius 3 is 3.15 bits per heavy atom. The highest BCUT2D eigenvalue weighted by Gasteiger charge is 2.22. The highest BCUT2D eigenvalue weighted by Crippen LogP contribution is 2.27. The molecule has 0 radical (unpaired) electrons. The summed E-state index contributed by atoms with van der Waals surface area (Å²) in [4.78, 5) is 0. The van der Waals surface area contributed by atoms with Crippen LogP contribution in [0, 0.1) is 11.8 Å². The van der Waals surface area contributed by atoms with Gasteiger partial charge in [-0.3, -0.25) is 0 Å². The molecule has 3 nitrogen and oxygen atoms in total.